The van der Waals surface area contributed by atoms with Gasteiger partial charge in [0.2, 0.25) is 0 Å². The summed E-state index contributed by atoms with van der Waals surface area (Å²) in [7, 11) is -3.76. The second-order valence-electron chi connectivity index (χ2n) is 5.59. The van der Waals surface area contributed by atoms with Gasteiger partial charge in [-0.05, 0) is 12.8 Å². The van der Waals surface area contributed by atoms with Crippen molar-refractivity contribution in [1.82, 2.24) is 0 Å². The molecule has 6 heteroatoms. The quantitative estimate of drug-likeness (QED) is 0.308. The minimum atomic E-state index is -3.76. The molecular formula is C16H35NaO4S. The van der Waals surface area contributed by atoms with Crippen LogP contribution in [0, 0.1) is 0 Å². The van der Waals surface area contributed by atoms with Gasteiger partial charge in [-0.1, -0.05) is 78.1 Å². The van der Waals surface area contributed by atoms with Crippen molar-refractivity contribution in [2.24, 2.45) is 0 Å². The molecule has 0 atom stereocenters. The van der Waals surface area contributed by atoms with E-state index in [9.17, 15) is 8.42 Å². The Hall–Kier alpha value is 0.870. The summed E-state index contributed by atoms with van der Waals surface area (Å²) in [4.78, 5) is 0. The molecule has 0 bridgehead atoms. The number of hydrogen-bond acceptors (Lipinski definition) is 4. The zero-order valence-corrected chi connectivity index (χ0v) is 14.8. The van der Waals surface area contributed by atoms with Crippen LogP contribution >= 0.6 is 0 Å². The molecule has 0 N–H and O–H groups in total. The molecule has 0 aliphatic heterocycles. The molecule has 0 saturated carbocycles. The van der Waals surface area contributed by atoms with Crippen LogP contribution < -0.4 is 0 Å². The topological polar surface area (TPSA) is 52.6 Å². The van der Waals surface area contributed by atoms with Gasteiger partial charge in [0, 0.05) is 0 Å². The van der Waals surface area contributed by atoms with Gasteiger partial charge in [0.15, 0.2) is 0 Å². The van der Waals surface area contributed by atoms with E-state index in [4.69, 9.17) is 8.37 Å². The fourth-order valence-electron chi connectivity index (χ4n) is 2.09. The molecule has 0 rings (SSSR count). The molecule has 0 saturated heterocycles. The van der Waals surface area contributed by atoms with Crippen molar-refractivity contribution >= 4 is 40.0 Å². The first-order valence-corrected chi connectivity index (χ1v) is 9.99. The normalized spacial score (nSPS) is 11.4. The Labute approximate surface area is 160 Å². The maximum absolute atomic E-state index is 11.3. The van der Waals surface area contributed by atoms with E-state index < -0.39 is 10.4 Å². The van der Waals surface area contributed by atoms with Gasteiger partial charge in [-0.15, -0.1) is 0 Å². The fourth-order valence-corrected chi connectivity index (χ4v) is 2.80. The summed E-state index contributed by atoms with van der Waals surface area (Å²) < 4.78 is 32.2. The van der Waals surface area contributed by atoms with Crippen LogP contribution in [0.2, 0.25) is 0 Å². The molecule has 4 nitrogen and oxygen atoms in total. The third kappa shape index (κ3) is 18.9. The van der Waals surface area contributed by atoms with Crippen molar-refractivity contribution in [3.8, 4) is 0 Å². The Morgan fingerprint density at radius 1 is 0.591 bits per heavy atom. The van der Waals surface area contributed by atoms with E-state index in [0.717, 1.165) is 32.1 Å². The van der Waals surface area contributed by atoms with Crippen molar-refractivity contribution in [3.05, 3.63) is 0 Å². The van der Waals surface area contributed by atoms with Crippen LogP contribution in [0.15, 0.2) is 0 Å². The molecule has 0 unspecified atom stereocenters. The minimum absolute atomic E-state index is 0. The van der Waals surface area contributed by atoms with Crippen LogP contribution in [-0.2, 0) is 18.8 Å². The van der Waals surface area contributed by atoms with Gasteiger partial charge in [-0.3, -0.25) is 0 Å². The summed E-state index contributed by atoms with van der Waals surface area (Å²) in [5.41, 5.74) is 0. The van der Waals surface area contributed by atoms with Gasteiger partial charge < -0.3 is 0 Å². The molecule has 0 aromatic rings. The molecule has 0 aromatic carbocycles. The van der Waals surface area contributed by atoms with Gasteiger partial charge in [0.25, 0.3) is 0 Å². The second-order valence-corrected chi connectivity index (χ2v) is 6.88. The first kappa shape index (κ1) is 25.1. The van der Waals surface area contributed by atoms with Gasteiger partial charge >= 0.3 is 40.0 Å². The van der Waals surface area contributed by atoms with E-state index in [1.165, 1.54) is 44.9 Å². The van der Waals surface area contributed by atoms with Crippen molar-refractivity contribution in [2.45, 2.75) is 90.9 Å². The monoisotopic (exact) mass is 346 g/mol. The summed E-state index contributed by atoms with van der Waals surface area (Å²) >= 11 is 0. The van der Waals surface area contributed by atoms with Crippen LogP contribution in [-0.4, -0.2) is 51.2 Å². The second kappa shape index (κ2) is 18.2. The standard InChI is InChI=1S/C16H34O4S.Na.H/c1-3-5-7-8-9-10-11-12-13-14-16-20-21(17,18)19-15-6-4-2;;/h3-16H2,1-2H3;;. The van der Waals surface area contributed by atoms with Crippen LogP contribution in [0.3, 0.4) is 0 Å². The van der Waals surface area contributed by atoms with Crippen LogP contribution in [0.1, 0.15) is 90.9 Å². The van der Waals surface area contributed by atoms with Crippen LogP contribution in [0.25, 0.3) is 0 Å². The van der Waals surface area contributed by atoms with E-state index >= 15 is 0 Å². The van der Waals surface area contributed by atoms with Crippen LogP contribution in [0.5, 0.6) is 0 Å². The number of rotatable bonds is 16. The van der Waals surface area contributed by atoms with Crippen molar-refractivity contribution in [1.29, 1.82) is 0 Å². The van der Waals surface area contributed by atoms with Gasteiger partial charge in [-0.2, -0.15) is 8.42 Å². The Morgan fingerprint density at radius 2 is 0.955 bits per heavy atom. The van der Waals surface area contributed by atoms with E-state index in [1.807, 2.05) is 6.92 Å². The predicted octanol–water partition coefficient (Wildman–Crippen LogP) is 4.34. The van der Waals surface area contributed by atoms with Gasteiger partial charge in [0.1, 0.15) is 0 Å². The Morgan fingerprint density at radius 3 is 1.41 bits per heavy atom. The molecular weight excluding hydrogens is 311 g/mol. The average molecular weight is 347 g/mol. The van der Waals surface area contributed by atoms with Gasteiger partial charge in [0.05, 0.1) is 13.2 Å². The predicted molar refractivity (Wildman–Crippen MR) is 94.7 cm³/mol. The zero-order valence-electron chi connectivity index (χ0n) is 13.9. The molecule has 0 aromatic heterocycles. The molecule has 130 valence electrons. The molecule has 0 amide bonds. The summed E-state index contributed by atoms with van der Waals surface area (Å²) in [6, 6.07) is 0. The molecule has 0 heterocycles. The van der Waals surface area contributed by atoms with E-state index in [2.05, 4.69) is 6.92 Å². The van der Waals surface area contributed by atoms with Gasteiger partial charge in [-0.25, -0.2) is 8.37 Å². The third-order valence-corrected chi connectivity index (χ3v) is 4.36. The SMILES string of the molecule is CCCCCCCCCCCCOS(=O)(=O)OCCCC.[NaH]. The Kier molecular flexibility index (Phi) is 20.8. The molecule has 0 fully saturated rings. The summed E-state index contributed by atoms with van der Waals surface area (Å²) in [6.45, 7) is 4.68. The number of unbranched alkanes of at least 4 members (excludes halogenated alkanes) is 10. The fraction of sp³-hybridized carbons (Fsp3) is 1.00. The van der Waals surface area contributed by atoms with E-state index in [1.54, 1.807) is 0 Å². The Bertz CT molecular complexity index is 307. The number of hydrogen-bond donors (Lipinski definition) is 0. The zero-order chi connectivity index (χ0) is 15.8. The molecule has 0 radical (unpaired) electrons. The van der Waals surface area contributed by atoms with Crippen molar-refractivity contribution in [2.75, 3.05) is 13.2 Å². The first-order valence-electron chi connectivity index (χ1n) is 8.66. The summed E-state index contributed by atoms with van der Waals surface area (Å²) in [5.74, 6) is 0. The molecule has 0 aliphatic rings. The average Bonchev–Trinajstić information content (AvgIpc) is 2.45. The van der Waals surface area contributed by atoms with Crippen molar-refractivity contribution < 1.29 is 16.8 Å². The van der Waals surface area contributed by atoms with E-state index in [0.29, 0.717) is 0 Å². The van der Waals surface area contributed by atoms with Crippen molar-refractivity contribution in [3.63, 3.8) is 0 Å². The van der Waals surface area contributed by atoms with Crippen LogP contribution in [0.4, 0.5) is 0 Å². The molecule has 22 heavy (non-hydrogen) atoms. The van der Waals surface area contributed by atoms with E-state index in [-0.39, 0.29) is 42.8 Å². The molecule has 0 aliphatic carbocycles. The summed E-state index contributed by atoms with van der Waals surface area (Å²) in [5, 5.41) is 0. The first-order chi connectivity index (χ1) is 10.1. The third-order valence-electron chi connectivity index (χ3n) is 3.45. The maximum atomic E-state index is 11.3. The molecule has 0 spiro atoms. The summed E-state index contributed by atoms with van der Waals surface area (Å²) in [6.07, 6.45) is 13.8. The Balaban J connectivity index is 0.